The molecule has 0 atom stereocenters. The number of likely N-dealkylation sites (N-methyl/N-ethyl adjacent to an activating group) is 1. The average molecular weight is 706 g/mol. The van der Waals surface area contributed by atoms with Gasteiger partial charge in [0.2, 0.25) is 34.7 Å². The predicted molar refractivity (Wildman–Crippen MR) is 181 cm³/mol. The minimum Gasteiger partial charge on any atom is -0.352 e. The Morgan fingerprint density at radius 3 is 1.34 bits per heavy atom. The molecule has 0 spiro atoms. The highest BCUT2D eigenvalue weighted by molar-refractivity contribution is 8.33. The Morgan fingerprint density at radius 1 is 0.638 bits per heavy atom. The zero-order valence-electron chi connectivity index (χ0n) is 27.0. The van der Waals surface area contributed by atoms with E-state index >= 15 is 0 Å². The van der Waals surface area contributed by atoms with Crippen LogP contribution in [0.5, 0.6) is 0 Å². The molecule has 5 amide bonds. The maximum atomic E-state index is 11.1. The molecule has 1 aliphatic carbocycles. The number of hydrazone groups is 1. The number of thiocarbonyl (C=S) groups is 2. The summed E-state index contributed by atoms with van der Waals surface area (Å²) < 4.78 is 0.690. The fourth-order valence-electron chi connectivity index (χ4n) is 3.95. The second-order valence-electron chi connectivity index (χ2n) is 10.5. The van der Waals surface area contributed by atoms with Gasteiger partial charge in [0.05, 0.1) is 19.4 Å². The van der Waals surface area contributed by atoms with Crippen molar-refractivity contribution in [3.63, 3.8) is 0 Å². The summed E-state index contributed by atoms with van der Waals surface area (Å²) in [7, 11) is 9.76. The first-order chi connectivity index (χ1) is 21.8. The van der Waals surface area contributed by atoms with E-state index in [-0.39, 0.29) is 70.6 Å². The van der Waals surface area contributed by atoms with Gasteiger partial charge in [-0.3, -0.25) is 58.2 Å². The Labute approximate surface area is 286 Å². The highest BCUT2D eigenvalue weighted by Gasteiger charge is 2.30. The number of hydrogen-bond acceptors (Lipinski definition) is 12. The van der Waals surface area contributed by atoms with Gasteiger partial charge < -0.3 is 4.90 Å². The van der Waals surface area contributed by atoms with Gasteiger partial charge in [-0.25, -0.2) is 5.01 Å². The first kappa shape index (κ1) is 38.8. The molecule has 47 heavy (non-hydrogen) atoms. The molecule has 0 aromatic heterocycles. The number of rotatable bonds is 0. The lowest BCUT2D eigenvalue weighted by Gasteiger charge is -2.30. The molecule has 4 aliphatic heterocycles. The summed E-state index contributed by atoms with van der Waals surface area (Å²) in [6.07, 6.45) is 0.496. The maximum Gasteiger partial charge on any atom is 0.250 e. The number of hydrogen-bond donors (Lipinski definition) is 0. The van der Waals surface area contributed by atoms with Crippen molar-refractivity contribution in [1.82, 2.24) is 29.7 Å². The van der Waals surface area contributed by atoms with Crippen LogP contribution in [0.3, 0.4) is 0 Å². The molecule has 5 aliphatic rings. The van der Waals surface area contributed by atoms with E-state index in [0.717, 1.165) is 17.5 Å². The summed E-state index contributed by atoms with van der Waals surface area (Å²) in [5.41, 5.74) is 2.06. The minimum absolute atomic E-state index is 0.0208. The first-order valence-electron chi connectivity index (χ1n) is 13.9. The lowest BCUT2D eigenvalue weighted by molar-refractivity contribution is -0.141. The molecular weight excluding hydrogens is 671 g/mol. The van der Waals surface area contributed by atoms with Crippen LogP contribution in [0.25, 0.3) is 0 Å². The molecule has 1 aromatic rings. The Bertz CT molecular complexity index is 1490. The standard InChI is InChI=1S/C9H6O2.C6H8N2O2S.C5H8N2O2.C5H8N2O.C4H5NOS2/c10-8-5-9(11)7-4-2-1-3-6(7)8;1-7-4(9)3-5(10)8(2)6(7)11;1-6-4(8)3-5(9)7(6)2;1-4-3-5(8)7(2)6-4;1-5-2-3(6)8-4(5)7/h1-4H,5H2;3H2,1-2H3;3H2,1-2H3;3H2,1-2H3;2H2,1H3. The van der Waals surface area contributed by atoms with E-state index in [2.05, 4.69) is 5.10 Å². The number of carbonyl (C=O) groups is 8. The van der Waals surface area contributed by atoms with E-state index < -0.39 is 0 Å². The molecule has 3 fully saturated rings. The quantitative estimate of drug-likeness (QED) is 0.278. The molecule has 0 unspecified atom stereocenters. The second-order valence-corrected chi connectivity index (χ2v) is 12.5. The number of fused-ring (bicyclic) bond motifs is 1. The molecule has 15 nitrogen and oxygen atoms in total. The number of nitrogens with zero attached hydrogens (tertiary/aromatic N) is 7. The molecule has 0 radical (unpaired) electrons. The molecule has 6 rings (SSSR count). The van der Waals surface area contributed by atoms with Crippen LogP contribution < -0.4 is 0 Å². The summed E-state index contributed by atoms with van der Waals surface area (Å²) in [4.78, 5) is 90.8. The third kappa shape index (κ3) is 10.5. The number of benzene rings is 1. The fraction of sp³-hybridized carbons (Fsp3) is 0.414. The number of carbonyl (C=O) groups excluding carboxylic acids is 8. The van der Waals surface area contributed by atoms with E-state index in [1.54, 1.807) is 64.4 Å². The zero-order chi connectivity index (χ0) is 35.7. The molecule has 4 heterocycles. The topological polar surface area (TPSA) is 168 Å². The van der Waals surface area contributed by atoms with Gasteiger partial charge in [0.15, 0.2) is 16.7 Å². The summed E-state index contributed by atoms with van der Waals surface area (Å²) in [5.74, 6) is -0.764. The third-order valence-corrected chi connectivity index (χ3v) is 8.87. The van der Waals surface area contributed by atoms with Crippen molar-refractivity contribution >= 4 is 97.6 Å². The Balaban J connectivity index is 0.000000206. The highest BCUT2D eigenvalue weighted by atomic mass is 32.2. The molecule has 0 bridgehead atoms. The Hall–Kier alpha value is -4.42. The molecule has 18 heteroatoms. The predicted octanol–water partition coefficient (Wildman–Crippen LogP) is 0.970. The normalized spacial score (nSPS) is 18.7. The lowest BCUT2D eigenvalue weighted by Crippen LogP contribution is -2.51. The van der Waals surface area contributed by atoms with Crippen LogP contribution >= 0.6 is 36.2 Å². The lowest BCUT2D eigenvalue weighted by atomic mass is 10.1. The molecule has 0 saturated carbocycles. The van der Waals surface area contributed by atoms with Crippen molar-refractivity contribution in [3.05, 3.63) is 35.4 Å². The van der Waals surface area contributed by atoms with Crippen LogP contribution in [0.15, 0.2) is 29.4 Å². The van der Waals surface area contributed by atoms with Gasteiger partial charge in [-0.05, 0) is 30.9 Å². The molecule has 252 valence electrons. The van der Waals surface area contributed by atoms with Gasteiger partial charge in [0.1, 0.15) is 17.2 Å². The van der Waals surface area contributed by atoms with E-state index in [4.69, 9.17) is 24.4 Å². The maximum absolute atomic E-state index is 11.1. The average Bonchev–Trinajstić information content (AvgIpc) is 3.66. The summed E-state index contributed by atoms with van der Waals surface area (Å²) >= 11 is 10.7. The molecule has 3 saturated heterocycles. The number of ketones is 2. The van der Waals surface area contributed by atoms with Crippen molar-refractivity contribution in [2.75, 3.05) is 48.8 Å². The summed E-state index contributed by atoms with van der Waals surface area (Å²) in [5, 5.41) is 8.28. The van der Waals surface area contributed by atoms with E-state index in [1.165, 1.54) is 24.8 Å². The fourth-order valence-corrected chi connectivity index (χ4v) is 5.17. The number of hydrazine groups is 1. The van der Waals surface area contributed by atoms with Gasteiger partial charge in [0, 0.05) is 59.1 Å². The largest absolute Gasteiger partial charge is 0.352 e. The van der Waals surface area contributed by atoms with E-state index in [0.29, 0.717) is 28.4 Å². The SMILES string of the molecule is CC1=NN(C)C(=O)C1.CN1C(=O)CC(=O)N(C)C1=S.CN1C(=O)CC(=O)N1C.CN1CC(=O)SC1=S.O=C1CC(=O)c2ccccc21. The number of Topliss-reactive ketones (excluding diaryl/α,β-unsaturated/α-hetero) is 2. The monoisotopic (exact) mass is 705 g/mol. The second kappa shape index (κ2) is 16.9. The minimum atomic E-state index is -0.238. The first-order valence-corrected chi connectivity index (χ1v) is 15.5. The van der Waals surface area contributed by atoms with Crippen molar-refractivity contribution in [3.8, 4) is 0 Å². The van der Waals surface area contributed by atoms with Crippen molar-refractivity contribution in [2.45, 2.75) is 32.6 Å². The highest BCUT2D eigenvalue weighted by Crippen LogP contribution is 2.20. The Kier molecular flexibility index (Phi) is 14.0. The molecular formula is C29H35N7O8S3. The number of thioether (sulfide) groups is 1. The molecule has 0 N–H and O–H groups in total. The van der Waals surface area contributed by atoms with Gasteiger partial charge in [-0.15, -0.1) is 0 Å². The van der Waals surface area contributed by atoms with Crippen LogP contribution in [0.2, 0.25) is 0 Å². The molecule has 1 aromatic carbocycles. The zero-order valence-corrected chi connectivity index (χ0v) is 29.4. The Morgan fingerprint density at radius 2 is 1.09 bits per heavy atom. The van der Waals surface area contributed by atoms with Crippen LogP contribution in [0.1, 0.15) is 53.3 Å². The number of amides is 5. The van der Waals surface area contributed by atoms with E-state index in [9.17, 15) is 38.4 Å². The third-order valence-electron chi connectivity index (χ3n) is 6.92. The summed E-state index contributed by atoms with van der Waals surface area (Å²) in [6.45, 7) is 2.32. The summed E-state index contributed by atoms with van der Waals surface area (Å²) in [6, 6.07) is 6.94. The van der Waals surface area contributed by atoms with Gasteiger partial charge in [-0.2, -0.15) is 5.10 Å². The van der Waals surface area contributed by atoms with Gasteiger partial charge >= 0.3 is 0 Å². The van der Waals surface area contributed by atoms with Crippen molar-refractivity contribution < 1.29 is 38.4 Å². The van der Waals surface area contributed by atoms with Crippen LogP contribution in [-0.2, 0) is 28.8 Å². The van der Waals surface area contributed by atoms with Gasteiger partial charge in [-0.1, -0.05) is 36.5 Å². The smallest absolute Gasteiger partial charge is 0.250 e. The van der Waals surface area contributed by atoms with Crippen LogP contribution in [0, 0.1) is 0 Å². The van der Waals surface area contributed by atoms with Crippen molar-refractivity contribution in [2.24, 2.45) is 5.10 Å². The van der Waals surface area contributed by atoms with Crippen LogP contribution in [0.4, 0.5) is 0 Å². The van der Waals surface area contributed by atoms with Crippen LogP contribution in [-0.4, -0.2) is 140 Å². The van der Waals surface area contributed by atoms with Gasteiger partial charge in [0.25, 0.3) is 0 Å². The van der Waals surface area contributed by atoms with E-state index in [1.807, 2.05) is 14.0 Å². The van der Waals surface area contributed by atoms with Crippen molar-refractivity contribution in [1.29, 1.82) is 0 Å².